The number of aromatic amines is 1. The lowest BCUT2D eigenvalue weighted by atomic mass is 10.1. The number of hydrogen-bond acceptors (Lipinski definition) is 5. The van der Waals surface area contributed by atoms with Crippen LogP contribution < -0.4 is 14.8 Å². The van der Waals surface area contributed by atoms with Crippen molar-refractivity contribution in [2.24, 2.45) is 0 Å². The van der Waals surface area contributed by atoms with Gasteiger partial charge in [-0.3, -0.25) is 4.79 Å². The van der Waals surface area contributed by atoms with Gasteiger partial charge in [-0.25, -0.2) is 9.18 Å². The van der Waals surface area contributed by atoms with Gasteiger partial charge < -0.3 is 24.9 Å². The smallest absolute Gasteiger partial charge is 0.490 e. The van der Waals surface area contributed by atoms with Crippen molar-refractivity contribution in [1.82, 2.24) is 10.3 Å². The number of fused-ring (bicyclic) bond motifs is 1. The van der Waals surface area contributed by atoms with E-state index in [0.29, 0.717) is 17.9 Å². The molecule has 0 aliphatic carbocycles. The Labute approximate surface area is 246 Å². The highest BCUT2D eigenvalue weighted by atomic mass is 35.5. The number of halogens is 6. The van der Waals surface area contributed by atoms with Crippen LogP contribution in [0.25, 0.3) is 10.9 Å². The second-order valence-electron chi connectivity index (χ2n) is 8.47. The quantitative estimate of drug-likeness (QED) is 0.184. The molecule has 0 bridgehead atoms. The fraction of sp³-hybridized carbons (Fsp3) is 0.179. The monoisotopic (exact) mass is 625 g/mol. The molecule has 4 rings (SSSR count). The van der Waals surface area contributed by atoms with Gasteiger partial charge in [-0.15, -0.1) is 0 Å². The molecular formula is C28H21Cl2F4N3O5. The van der Waals surface area contributed by atoms with E-state index in [0.717, 1.165) is 16.5 Å². The number of benzene rings is 3. The van der Waals surface area contributed by atoms with E-state index >= 15 is 4.39 Å². The normalized spacial score (nSPS) is 10.8. The van der Waals surface area contributed by atoms with Crippen LogP contribution in [0, 0.1) is 17.1 Å². The van der Waals surface area contributed by atoms with Crippen LogP contribution in [0.1, 0.15) is 34.1 Å². The molecular weight excluding hydrogens is 605 g/mol. The number of methoxy groups -OCH3 is 1. The number of amides is 1. The molecule has 4 aromatic rings. The first-order valence-electron chi connectivity index (χ1n) is 11.9. The number of nitrogens with one attached hydrogen (secondary N) is 2. The molecule has 0 unspecified atom stereocenters. The van der Waals surface area contributed by atoms with Crippen LogP contribution in [0.15, 0.2) is 48.5 Å². The van der Waals surface area contributed by atoms with Crippen LogP contribution in [-0.2, 0) is 17.8 Å². The number of alkyl halides is 3. The molecule has 0 fully saturated rings. The molecule has 1 amide bonds. The Kier molecular flexibility index (Phi) is 10.3. The Morgan fingerprint density at radius 3 is 2.38 bits per heavy atom. The lowest BCUT2D eigenvalue weighted by Crippen LogP contribution is -2.24. The maximum atomic E-state index is 15.3. The topological polar surface area (TPSA) is 124 Å². The van der Waals surface area contributed by atoms with Crippen molar-refractivity contribution in [2.75, 3.05) is 7.11 Å². The first-order chi connectivity index (χ1) is 19.8. The van der Waals surface area contributed by atoms with Gasteiger partial charge in [0.1, 0.15) is 17.2 Å². The molecule has 1 heterocycles. The van der Waals surface area contributed by atoms with Crippen molar-refractivity contribution >= 4 is 46.0 Å². The standard InChI is InChI=1S/C26H20Cl2FN3O3.C2HF3O2/c1-3-19-20-11-17(34-2)5-7-22(20)32-24(19)26(33)31-13-15-4-6-21(28)25(23(15)29)35-18-9-14(12-30)8-16(27)10-18;3-2(4,5)1(6)7/h4-11,32H,3,13H2,1-2H3,(H,31,33);(H,6,7). The SMILES string of the molecule is CCc1c(C(=O)NCc2ccc(Cl)c(Oc3cc(Cl)cc(C#N)c3)c2F)[nH]c2ccc(OC)cc12.O=C(O)C(F)(F)F. The molecule has 0 saturated heterocycles. The highest BCUT2D eigenvalue weighted by molar-refractivity contribution is 6.32. The first kappa shape index (κ1) is 32.0. The summed E-state index contributed by atoms with van der Waals surface area (Å²) in [6.07, 6.45) is -4.46. The third kappa shape index (κ3) is 7.63. The Bertz CT molecular complexity index is 1680. The number of hydrogen-bond donors (Lipinski definition) is 3. The van der Waals surface area contributed by atoms with Crippen molar-refractivity contribution in [3.05, 3.63) is 86.8 Å². The molecule has 0 aliphatic rings. The molecule has 3 N–H and O–H groups in total. The summed E-state index contributed by atoms with van der Waals surface area (Å²) in [4.78, 5) is 25.0. The Balaban J connectivity index is 0.000000616. The second kappa shape index (κ2) is 13.5. The van der Waals surface area contributed by atoms with Gasteiger partial charge in [-0.05, 0) is 54.4 Å². The van der Waals surface area contributed by atoms with Crippen molar-refractivity contribution in [3.63, 3.8) is 0 Å². The number of ether oxygens (including phenoxy) is 2. The van der Waals surface area contributed by atoms with Gasteiger partial charge in [-0.1, -0.05) is 36.2 Å². The number of rotatable bonds is 7. The summed E-state index contributed by atoms with van der Waals surface area (Å²) in [5.41, 5.74) is 2.49. The number of H-pyrrole nitrogens is 1. The van der Waals surface area contributed by atoms with Gasteiger partial charge in [0.05, 0.1) is 23.8 Å². The van der Waals surface area contributed by atoms with Crippen molar-refractivity contribution in [1.29, 1.82) is 5.26 Å². The predicted molar refractivity (Wildman–Crippen MR) is 147 cm³/mol. The molecule has 8 nitrogen and oxygen atoms in total. The molecule has 3 aromatic carbocycles. The zero-order valence-electron chi connectivity index (χ0n) is 21.8. The predicted octanol–water partition coefficient (Wildman–Crippen LogP) is 7.41. The Morgan fingerprint density at radius 2 is 1.79 bits per heavy atom. The van der Waals surface area contributed by atoms with Crippen LogP contribution in [0.4, 0.5) is 17.6 Å². The molecule has 42 heavy (non-hydrogen) atoms. The van der Waals surface area contributed by atoms with E-state index in [1.807, 2.05) is 31.2 Å². The van der Waals surface area contributed by atoms with Gasteiger partial charge in [0.15, 0.2) is 11.6 Å². The number of carboxylic acids is 1. The molecule has 0 spiro atoms. The number of nitriles is 1. The van der Waals surface area contributed by atoms with Gasteiger partial charge in [0.2, 0.25) is 0 Å². The minimum Gasteiger partial charge on any atom is -0.497 e. The number of nitrogens with zero attached hydrogens (tertiary/aromatic N) is 1. The number of aromatic nitrogens is 1. The highest BCUT2D eigenvalue weighted by Gasteiger charge is 2.38. The molecule has 0 aliphatic heterocycles. The van der Waals surface area contributed by atoms with Gasteiger partial charge >= 0.3 is 12.1 Å². The summed E-state index contributed by atoms with van der Waals surface area (Å²) in [7, 11) is 1.58. The second-order valence-corrected chi connectivity index (χ2v) is 9.31. The van der Waals surface area contributed by atoms with Crippen LogP contribution in [0.2, 0.25) is 10.0 Å². The highest BCUT2D eigenvalue weighted by Crippen LogP contribution is 2.35. The molecule has 220 valence electrons. The molecule has 14 heteroatoms. The maximum absolute atomic E-state index is 15.3. The average molecular weight is 626 g/mol. The van der Waals surface area contributed by atoms with Gasteiger partial charge in [-0.2, -0.15) is 18.4 Å². The van der Waals surface area contributed by atoms with Gasteiger partial charge in [0.25, 0.3) is 5.91 Å². The summed E-state index contributed by atoms with van der Waals surface area (Å²) in [6, 6.07) is 14.8. The average Bonchev–Trinajstić information content (AvgIpc) is 3.32. The first-order valence-corrected chi connectivity index (χ1v) is 12.7. The van der Waals surface area contributed by atoms with Crippen molar-refractivity contribution in [3.8, 4) is 23.3 Å². The zero-order chi connectivity index (χ0) is 31.2. The third-order valence-corrected chi connectivity index (χ3v) is 6.24. The van der Waals surface area contributed by atoms with Crippen molar-refractivity contribution in [2.45, 2.75) is 26.1 Å². The summed E-state index contributed by atoms with van der Waals surface area (Å²) in [5, 5.41) is 20.2. The van der Waals surface area contributed by atoms with E-state index in [1.165, 1.54) is 30.3 Å². The minimum absolute atomic E-state index is 0.0360. The zero-order valence-corrected chi connectivity index (χ0v) is 23.3. The lowest BCUT2D eigenvalue weighted by Gasteiger charge is -2.13. The summed E-state index contributed by atoms with van der Waals surface area (Å²) >= 11 is 12.2. The van der Waals surface area contributed by atoms with E-state index in [2.05, 4.69) is 10.3 Å². The van der Waals surface area contributed by atoms with E-state index in [-0.39, 0.29) is 45.1 Å². The van der Waals surface area contributed by atoms with Crippen molar-refractivity contribution < 1.29 is 41.7 Å². The van der Waals surface area contributed by atoms with Crippen LogP contribution >= 0.6 is 23.2 Å². The van der Waals surface area contributed by atoms with Gasteiger partial charge in [0, 0.05) is 28.0 Å². The fourth-order valence-electron chi connectivity index (χ4n) is 3.79. The number of aryl methyl sites for hydroxylation is 1. The maximum Gasteiger partial charge on any atom is 0.490 e. The third-order valence-electron chi connectivity index (χ3n) is 5.73. The van der Waals surface area contributed by atoms with Crippen LogP contribution in [0.3, 0.4) is 0 Å². The van der Waals surface area contributed by atoms with E-state index in [4.69, 9.17) is 47.8 Å². The number of aliphatic carboxylic acids is 1. The molecule has 0 radical (unpaired) electrons. The minimum atomic E-state index is -5.08. The number of carbonyl (C=O) groups excluding carboxylic acids is 1. The Morgan fingerprint density at radius 1 is 1.10 bits per heavy atom. The van der Waals surface area contributed by atoms with Crippen LogP contribution in [0.5, 0.6) is 17.2 Å². The van der Waals surface area contributed by atoms with Crippen LogP contribution in [-0.4, -0.2) is 35.3 Å². The summed E-state index contributed by atoms with van der Waals surface area (Å²) in [5.74, 6) is -3.23. The van der Waals surface area contributed by atoms with E-state index in [9.17, 15) is 18.0 Å². The lowest BCUT2D eigenvalue weighted by molar-refractivity contribution is -0.192. The summed E-state index contributed by atoms with van der Waals surface area (Å²) in [6.45, 7) is 1.86. The molecule has 0 atom stereocenters. The number of carboxylic acid groups (broad SMARTS) is 1. The summed E-state index contributed by atoms with van der Waals surface area (Å²) < 4.78 is 57.9. The molecule has 1 aromatic heterocycles. The largest absolute Gasteiger partial charge is 0.497 e. The van der Waals surface area contributed by atoms with E-state index < -0.39 is 18.0 Å². The fourth-order valence-corrected chi connectivity index (χ4v) is 4.20. The number of carbonyl (C=O) groups is 2. The molecule has 0 saturated carbocycles. The Hall–Kier alpha value is -4.47. The van der Waals surface area contributed by atoms with E-state index in [1.54, 1.807) is 7.11 Å².